The summed E-state index contributed by atoms with van der Waals surface area (Å²) in [6, 6.07) is 9.43. The van der Waals surface area contributed by atoms with Gasteiger partial charge in [-0.25, -0.2) is 4.39 Å². The van der Waals surface area contributed by atoms with Crippen LogP contribution in [0.1, 0.15) is 29.6 Å². The van der Waals surface area contributed by atoms with E-state index in [0.717, 1.165) is 26.1 Å². The number of anilines is 1. The lowest BCUT2D eigenvalue weighted by Crippen LogP contribution is -2.28. The number of carbonyl (C=O) groups is 1. The molecule has 1 aliphatic heterocycles. The number of pyridine rings is 1. The molecule has 0 spiro atoms. The van der Waals surface area contributed by atoms with Crippen LogP contribution in [0.15, 0.2) is 48.8 Å². The number of likely N-dealkylation sites (tertiary alicyclic amines) is 1. The van der Waals surface area contributed by atoms with Gasteiger partial charge in [0.1, 0.15) is 17.3 Å². The van der Waals surface area contributed by atoms with Gasteiger partial charge in [0.05, 0.1) is 22.6 Å². The predicted molar refractivity (Wildman–Crippen MR) is 118 cm³/mol. The number of H-pyrrole nitrogens is 1. The Morgan fingerprint density at radius 3 is 2.81 bits per heavy atom. The third kappa shape index (κ3) is 5.40. The number of aromatic nitrogens is 2. The fraction of sp³-hybridized carbons (Fsp3) is 0.304. The normalized spacial score (nSPS) is 14.0. The summed E-state index contributed by atoms with van der Waals surface area (Å²) >= 11 is 0. The highest BCUT2D eigenvalue weighted by molar-refractivity contribution is 5.95. The molecule has 7 nitrogen and oxygen atoms in total. The first kappa shape index (κ1) is 20.9. The van der Waals surface area contributed by atoms with Crippen molar-refractivity contribution in [1.29, 1.82) is 0 Å². The van der Waals surface area contributed by atoms with E-state index in [0.29, 0.717) is 35.0 Å². The minimum atomic E-state index is -0.535. The maximum absolute atomic E-state index is 13.6. The zero-order chi connectivity index (χ0) is 21.6. The Morgan fingerprint density at radius 1 is 1.19 bits per heavy atom. The summed E-state index contributed by atoms with van der Waals surface area (Å²) in [4.78, 5) is 22.3. The van der Waals surface area contributed by atoms with E-state index in [2.05, 4.69) is 20.2 Å². The van der Waals surface area contributed by atoms with Gasteiger partial charge in [0.2, 0.25) is 0 Å². The Labute approximate surface area is 180 Å². The maximum atomic E-state index is 13.6. The van der Waals surface area contributed by atoms with E-state index in [9.17, 15) is 9.18 Å². The number of carbonyl (C=O) groups excluding carboxylic acids is 1. The first-order chi connectivity index (χ1) is 15.1. The molecule has 1 aliphatic rings. The summed E-state index contributed by atoms with van der Waals surface area (Å²) in [7, 11) is 0. The number of hydrogen-bond acceptors (Lipinski definition) is 5. The van der Waals surface area contributed by atoms with Crippen molar-refractivity contribution in [2.45, 2.75) is 19.3 Å². The van der Waals surface area contributed by atoms with Gasteiger partial charge in [0.15, 0.2) is 0 Å². The summed E-state index contributed by atoms with van der Waals surface area (Å²) in [5.41, 5.74) is 7.41. The number of rotatable bonds is 8. The molecule has 0 saturated carbocycles. The topological polar surface area (TPSA) is 96.3 Å². The number of aromatic amines is 1. The van der Waals surface area contributed by atoms with Crippen molar-refractivity contribution in [3.63, 3.8) is 0 Å². The van der Waals surface area contributed by atoms with E-state index in [1.165, 1.54) is 25.0 Å². The number of benzene rings is 1. The van der Waals surface area contributed by atoms with E-state index in [4.69, 9.17) is 10.5 Å². The number of amides is 1. The number of nitrogen functional groups attached to an aromatic ring is 1. The van der Waals surface area contributed by atoms with Gasteiger partial charge in [-0.15, -0.1) is 0 Å². The smallest absolute Gasteiger partial charge is 0.252 e. The summed E-state index contributed by atoms with van der Waals surface area (Å²) in [5.74, 6) is 0.182. The molecule has 3 heterocycles. The average molecular weight is 423 g/mol. The van der Waals surface area contributed by atoms with Gasteiger partial charge >= 0.3 is 0 Å². The Hall–Kier alpha value is -3.39. The third-order valence-corrected chi connectivity index (χ3v) is 5.30. The number of ether oxygens (including phenoxy) is 1. The fourth-order valence-corrected chi connectivity index (χ4v) is 3.62. The van der Waals surface area contributed by atoms with Gasteiger partial charge in [-0.05, 0) is 63.2 Å². The van der Waals surface area contributed by atoms with Gasteiger partial charge in [0.25, 0.3) is 5.91 Å². The Bertz CT molecular complexity index is 1050. The Morgan fingerprint density at radius 2 is 2.00 bits per heavy atom. The minimum absolute atomic E-state index is 0.0657. The van der Waals surface area contributed by atoms with E-state index >= 15 is 0 Å². The van der Waals surface area contributed by atoms with Crippen LogP contribution in [0.3, 0.4) is 0 Å². The molecule has 1 saturated heterocycles. The molecule has 31 heavy (non-hydrogen) atoms. The number of hydrogen-bond donors (Lipinski definition) is 3. The number of nitrogens with one attached hydrogen (secondary N) is 2. The SMILES string of the molecule is Nc1ccc(Oc2ccnc(-c3cc(C(=O)NCCCN4CCCC4)c[nH]3)c2)cc1F. The quantitative estimate of drug-likeness (QED) is 0.378. The molecular weight excluding hydrogens is 397 g/mol. The molecule has 1 aromatic carbocycles. The zero-order valence-electron chi connectivity index (χ0n) is 17.2. The Balaban J connectivity index is 1.35. The molecule has 0 atom stereocenters. The summed E-state index contributed by atoms with van der Waals surface area (Å²) < 4.78 is 19.3. The molecule has 0 aliphatic carbocycles. The van der Waals surface area contributed by atoms with E-state index in [-0.39, 0.29) is 11.6 Å². The highest BCUT2D eigenvalue weighted by Crippen LogP contribution is 2.27. The number of nitrogens with zero attached hydrogens (tertiary/aromatic N) is 2. The molecule has 0 unspecified atom stereocenters. The lowest BCUT2D eigenvalue weighted by molar-refractivity contribution is 0.0952. The lowest BCUT2D eigenvalue weighted by Gasteiger charge is -2.14. The van der Waals surface area contributed by atoms with Crippen LogP contribution in [-0.2, 0) is 0 Å². The zero-order valence-corrected chi connectivity index (χ0v) is 17.2. The average Bonchev–Trinajstić information content (AvgIpc) is 3.46. The first-order valence-corrected chi connectivity index (χ1v) is 10.5. The number of halogens is 1. The van der Waals surface area contributed by atoms with Gasteiger partial charge in [-0.3, -0.25) is 9.78 Å². The van der Waals surface area contributed by atoms with Crippen LogP contribution >= 0.6 is 0 Å². The molecule has 1 fully saturated rings. The van der Waals surface area contributed by atoms with Crippen molar-refractivity contribution >= 4 is 11.6 Å². The monoisotopic (exact) mass is 423 g/mol. The summed E-state index contributed by atoms with van der Waals surface area (Å²) in [5, 5.41) is 2.97. The molecule has 1 amide bonds. The molecule has 3 aromatic rings. The van der Waals surface area contributed by atoms with E-state index in [1.54, 1.807) is 36.7 Å². The molecule has 0 radical (unpaired) electrons. The molecule has 2 aromatic heterocycles. The Kier molecular flexibility index (Phi) is 6.47. The van der Waals surface area contributed by atoms with Gasteiger partial charge in [-0.1, -0.05) is 0 Å². The minimum Gasteiger partial charge on any atom is -0.457 e. The second-order valence-corrected chi connectivity index (χ2v) is 7.62. The summed E-state index contributed by atoms with van der Waals surface area (Å²) in [6.45, 7) is 4.00. The van der Waals surface area contributed by atoms with Crippen molar-refractivity contribution in [2.75, 3.05) is 31.9 Å². The van der Waals surface area contributed by atoms with Gasteiger partial charge in [-0.2, -0.15) is 0 Å². The number of nitrogens with two attached hydrogens (primary N) is 1. The lowest BCUT2D eigenvalue weighted by atomic mass is 10.2. The maximum Gasteiger partial charge on any atom is 0.252 e. The predicted octanol–water partition coefficient (Wildman–Crippen LogP) is 3.81. The third-order valence-electron chi connectivity index (χ3n) is 5.30. The molecule has 4 N–H and O–H groups in total. The molecule has 0 bridgehead atoms. The standard InChI is InChI=1S/C23H26FN5O2/c24-19-13-17(4-5-20(19)25)31-18-6-8-26-22(14-18)21-12-16(15-28-21)23(30)27-7-3-11-29-9-1-2-10-29/h4-6,8,12-15,28H,1-3,7,9-11,25H2,(H,27,30). The van der Waals surface area contributed by atoms with Crippen LogP contribution < -0.4 is 15.8 Å². The highest BCUT2D eigenvalue weighted by Gasteiger charge is 2.13. The first-order valence-electron chi connectivity index (χ1n) is 10.5. The molecular formula is C23H26FN5O2. The molecule has 4 rings (SSSR count). The largest absolute Gasteiger partial charge is 0.457 e. The fourth-order valence-electron chi connectivity index (χ4n) is 3.62. The van der Waals surface area contributed by atoms with E-state index in [1.807, 2.05) is 0 Å². The molecule has 8 heteroatoms. The van der Waals surface area contributed by atoms with Crippen LogP contribution in [-0.4, -0.2) is 47.0 Å². The van der Waals surface area contributed by atoms with Gasteiger partial charge < -0.3 is 25.7 Å². The van der Waals surface area contributed by atoms with Crippen molar-refractivity contribution in [3.8, 4) is 22.9 Å². The van der Waals surface area contributed by atoms with Crippen LogP contribution in [0.5, 0.6) is 11.5 Å². The highest BCUT2D eigenvalue weighted by atomic mass is 19.1. The molecule has 162 valence electrons. The van der Waals surface area contributed by atoms with Crippen molar-refractivity contribution < 1.29 is 13.9 Å². The van der Waals surface area contributed by atoms with Crippen molar-refractivity contribution in [2.24, 2.45) is 0 Å². The van der Waals surface area contributed by atoms with Crippen LogP contribution in [0.4, 0.5) is 10.1 Å². The van der Waals surface area contributed by atoms with Crippen molar-refractivity contribution in [3.05, 3.63) is 60.2 Å². The van der Waals surface area contributed by atoms with Crippen LogP contribution in [0.25, 0.3) is 11.4 Å². The van der Waals surface area contributed by atoms with E-state index < -0.39 is 5.82 Å². The van der Waals surface area contributed by atoms with Crippen LogP contribution in [0.2, 0.25) is 0 Å². The van der Waals surface area contributed by atoms with Crippen molar-refractivity contribution in [1.82, 2.24) is 20.2 Å². The van der Waals surface area contributed by atoms with Crippen LogP contribution in [0, 0.1) is 5.82 Å². The second kappa shape index (κ2) is 9.61. The van der Waals surface area contributed by atoms with Gasteiger partial charge in [0, 0.05) is 31.1 Å². The second-order valence-electron chi connectivity index (χ2n) is 7.62. The summed E-state index contributed by atoms with van der Waals surface area (Å²) in [6.07, 6.45) is 6.74.